The molecule has 1 fully saturated rings. The standard InChI is InChI=1S/C6H12N2OS/c1-4-2-6(8,3-10-4)5(7)9/h4H,2-3,8H2,1H3,(H2,7,9). The summed E-state index contributed by atoms with van der Waals surface area (Å²) in [5.74, 6) is 0.299. The molecule has 1 rings (SSSR count). The van der Waals surface area contributed by atoms with E-state index in [4.69, 9.17) is 11.5 Å². The van der Waals surface area contributed by atoms with E-state index in [0.29, 0.717) is 17.4 Å². The summed E-state index contributed by atoms with van der Waals surface area (Å²) in [7, 11) is 0. The van der Waals surface area contributed by atoms with Crippen molar-refractivity contribution in [1.29, 1.82) is 0 Å². The van der Waals surface area contributed by atoms with Gasteiger partial charge in [0.05, 0.1) is 0 Å². The molecule has 1 aliphatic heterocycles. The summed E-state index contributed by atoms with van der Waals surface area (Å²) in [4.78, 5) is 10.8. The molecular weight excluding hydrogens is 148 g/mol. The number of hydrogen-bond donors (Lipinski definition) is 2. The second kappa shape index (κ2) is 2.43. The molecule has 0 saturated carbocycles. The van der Waals surface area contributed by atoms with Gasteiger partial charge in [0.2, 0.25) is 5.91 Å². The highest BCUT2D eigenvalue weighted by atomic mass is 32.2. The van der Waals surface area contributed by atoms with Gasteiger partial charge in [0.25, 0.3) is 0 Å². The Kier molecular flexibility index (Phi) is 1.92. The molecule has 1 heterocycles. The molecule has 2 atom stereocenters. The lowest BCUT2D eigenvalue weighted by Gasteiger charge is -2.17. The molecule has 4 N–H and O–H groups in total. The molecule has 0 aliphatic carbocycles. The fraction of sp³-hybridized carbons (Fsp3) is 0.833. The van der Waals surface area contributed by atoms with Crippen LogP contribution in [-0.4, -0.2) is 22.4 Å². The normalized spacial score (nSPS) is 40.0. The van der Waals surface area contributed by atoms with Crippen LogP contribution in [0.5, 0.6) is 0 Å². The zero-order valence-electron chi connectivity index (χ0n) is 5.96. The molecule has 10 heavy (non-hydrogen) atoms. The van der Waals surface area contributed by atoms with Gasteiger partial charge >= 0.3 is 0 Å². The number of amides is 1. The minimum Gasteiger partial charge on any atom is -0.368 e. The van der Waals surface area contributed by atoms with Crippen LogP contribution in [0.25, 0.3) is 0 Å². The molecule has 0 spiro atoms. The third-order valence-electron chi connectivity index (χ3n) is 1.77. The molecule has 1 saturated heterocycles. The number of hydrogen-bond acceptors (Lipinski definition) is 3. The Morgan fingerprint density at radius 1 is 1.80 bits per heavy atom. The summed E-state index contributed by atoms with van der Waals surface area (Å²) in [5.41, 5.74) is 10.1. The first kappa shape index (κ1) is 7.88. The van der Waals surface area contributed by atoms with Crippen molar-refractivity contribution in [3.8, 4) is 0 Å². The van der Waals surface area contributed by atoms with Crippen LogP contribution in [0.1, 0.15) is 13.3 Å². The van der Waals surface area contributed by atoms with Gasteiger partial charge in [-0.15, -0.1) is 0 Å². The van der Waals surface area contributed by atoms with Gasteiger partial charge in [-0.1, -0.05) is 6.92 Å². The van der Waals surface area contributed by atoms with E-state index >= 15 is 0 Å². The van der Waals surface area contributed by atoms with E-state index in [1.165, 1.54) is 0 Å². The van der Waals surface area contributed by atoms with Crippen LogP contribution in [0.3, 0.4) is 0 Å². The summed E-state index contributed by atoms with van der Waals surface area (Å²) < 4.78 is 0. The molecule has 3 nitrogen and oxygen atoms in total. The topological polar surface area (TPSA) is 69.1 Å². The maximum Gasteiger partial charge on any atom is 0.238 e. The zero-order valence-corrected chi connectivity index (χ0v) is 6.78. The average molecular weight is 160 g/mol. The van der Waals surface area contributed by atoms with E-state index in [-0.39, 0.29) is 5.91 Å². The third-order valence-corrected chi connectivity index (χ3v) is 3.19. The van der Waals surface area contributed by atoms with Crippen molar-refractivity contribution < 1.29 is 4.79 Å². The maximum absolute atomic E-state index is 10.8. The van der Waals surface area contributed by atoms with Crippen molar-refractivity contribution in [2.75, 3.05) is 5.75 Å². The molecule has 0 aromatic carbocycles. The third kappa shape index (κ3) is 1.27. The van der Waals surface area contributed by atoms with Crippen LogP contribution in [0, 0.1) is 0 Å². The minimum absolute atomic E-state index is 0.371. The average Bonchev–Trinajstić information content (AvgIpc) is 2.13. The molecule has 1 aliphatic rings. The molecule has 0 radical (unpaired) electrons. The van der Waals surface area contributed by atoms with Crippen LogP contribution < -0.4 is 11.5 Å². The molecular formula is C6H12N2OS. The van der Waals surface area contributed by atoms with Gasteiger partial charge in [-0.3, -0.25) is 4.79 Å². The number of carbonyl (C=O) groups is 1. The smallest absolute Gasteiger partial charge is 0.238 e. The zero-order chi connectivity index (χ0) is 7.78. The van der Waals surface area contributed by atoms with Crippen molar-refractivity contribution in [3.05, 3.63) is 0 Å². The van der Waals surface area contributed by atoms with E-state index in [1.807, 2.05) is 0 Å². The van der Waals surface area contributed by atoms with E-state index in [0.717, 1.165) is 0 Å². The van der Waals surface area contributed by atoms with Crippen LogP contribution >= 0.6 is 11.8 Å². The fourth-order valence-corrected chi connectivity index (χ4v) is 2.35. The van der Waals surface area contributed by atoms with E-state index in [9.17, 15) is 4.79 Å². The molecule has 4 heteroatoms. The second-order valence-electron chi connectivity index (χ2n) is 2.85. The number of primary amides is 1. The lowest BCUT2D eigenvalue weighted by molar-refractivity contribution is -0.122. The highest BCUT2D eigenvalue weighted by molar-refractivity contribution is 8.00. The summed E-state index contributed by atoms with van der Waals surface area (Å²) in [6.45, 7) is 2.06. The lowest BCUT2D eigenvalue weighted by atomic mass is 9.97. The Hall–Kier alpha value is -0.220. The number of rotatable bonds is 1. The van der Waals surface area contributed by atoms with Crippen molar-refractivity contribution in [2.24, 2.45) is 11.5 Å². The van der Waals surface area contributed by atoms with E-state index in [2.05, 4.69) is 6.92 Å². The van der Waals surface area contributed by atoms with Gasteiger partial charge < -0.3 is 11.5 Å². The van der Waals surface area contributed by atoms with Gasteiger partial charge in [0, 0.05) is 11.0 Å². The van der Waals surface area contributed by atoms with Gasteiger partial charge in [-0.25, -0.2) is 0 Å². The Morgan fingerprint density at radius 2 is 2.40 bits per heavy atom. The van der Waals surface area contributed by atoms with E-state index in [1.54, 1.807) is 11.8 Å². The predicted octanol–water partition coefficient (Wildman–Crippen LogP) is -0.305. The van der Waals surface area contributed by atoms with E-state index < -0.39 is 5.54 Å². The van der Waals surface area contributed by atoms with Gasteiger partial charge in [0.1, 0.15) is 5.54 Å². The molecule has 0 aromatic rings. The summed E-state index contributed by atoms with van der Waals surface area (Å²) in [6, 6.07) is 0. The quantitative estimate of drug-likeness (QED) is 0.553. The first-order chi connectivity index (χ1) is 4.54. The van der Waals surface area contributed by atoms with Gasteiger partial charge in [-0.05, 0) is 6.42 Å². The molecule has 1 amide bonds. The Labute approximate surface area is 64.5 Å². The van der Waals surface area contributed by atoms with Gasteiger partial charge in [-0.2, -0.15) is 11.8 Å². The molecule has 0 aromatic heterocycles. The summed E-state index contributed by atoms with van der Waals surface area (Å²) >= 11 is 1.71. The van der Waals surface area contributed by atoms with Crippen LogP contribution in [0.2, 0.25) is 0 Å². The summed E-state index contributed by atoms with van der Waals surface area (Å²) in [6.07, 6.45) is 0.715. The molecule has 58 valence electrons. The van der Waals surface area contributed by atoms with Crippen LogP contribution in [0.4, 0.5) is 0 Å². The Morgan fingerprint density at radius 3 is 2.60 bits per heavy atom. The van der Waals surface area contributed by atoms with Crippen molar-refractivity contribution in [2.45, 2.75) is 24.1 Å². The number of nitrogens with two attached hydrogens (primary N) is 2. The van der Waals surface area contributed by atoms with Crippen molar-refractivity contribution in [3.63, 3.8) is 0 Å². The Balaban J connectivity index is 2.63. The molecule has 0 bridgehead atoms. The maximum atomic E-state index is 10.8. The second-order valence-corrected chi connectivity index (χ2v) is 4.27. The van der Waals surface area contributed by atoms with Crippen LogP contribution in [0.15, 0.2) is 0 Å². The number of carbonyl (C=O) groups excluding carboxylic acids is 1. The first-order valence-corrected chi connectivity index (χ1v) is 4.30. The van der Waals surface area contributed by atoms with Gasteiger partial charge in [0.15, 0.2) is 0 Å². The predicted molar refractivity (Wildman–Crippen MR) is 42.6 cm³/mol. The number of thioether (sulfide) groups is 1. The van der Waals surface area contributed by atoms with Crippen molar-refractivity contribution in [1.82, 2.24) is 0 Å². The first-order valence-electron chi connectivity index (χ1n) is 3.25. The SMILES string of the molecule is CC1CC(N)(C(N)=O)CS1. The minimum atomic E-state index is -0.732. The monoisotopic (exact) mass is 160 g/mol. The lowest BCUT2D eigenvalue weighted by Crippen LogP contribution is -2.52. The molecule has 2 unspecified atom stereocenters. The largest absolute Gasteiger partial charge is 0.368 e. The van der Waals surface area contributed by atoms with Crippen LogP contribution in [-0.2, 0) is 4.79 Å². The highest BCUT2D eigenvalue weighted by Gasteiger charge is 2.39. The fourth-order valence-electron chi connectivity index (χ4n) is 1.09. The Bertz CT molecular complexity index is 162. The highest BCUT2D eigenvalue weighted by Crippen LogP contribution is 2.31. The summed E-state index contributed by atoms with van der Waals surface area (Å²) in [5, 5.41) is 0.470. The van der Waals surface area contributed by atoms with Crippen molar-refractivity contribution >= 4 is 17.7 Å².